The van der Waals surface area contributed by atoms with Gasteiger partial charge in [-0.25, -0.2) is 0 Å². The highest BCUT2D eigenvalue weighted by Gasteiger charge is 2.30. The smallest absolute Gasteiger partial charge is 0.416 e. The summed E-state index contributed by atoms with van der Waals surface area (Å²) < 4.78 is 43.6. The van der Waals surface area contributed by atoms with E-state index in [-0.39, 0.29) is 0 Å². The summed E-state index contributed by atoms with van der Waals surface area (Å²) in [5, 5.41) is 0.907. The maximum Gasteiger partial charge on any atom is 0.416 e. The van der Waals surface area contributed by atoms with Gasteiger partial charge < -0.3 is 10.5 Å². The van der Waals surface area contributed by atoms with E-state index in [2.05, 4.69) is 4.98 Å². The van der Waals surface area contributed by atoms with Crippen LogP contribution in [0.15, 0.2) is 48.7 Å². The van der Waals surface area contributed by atoms with Crippen molar-refractivity contribution in [2.45, 2.75) is 19.6 Å². The number of nitrogens with two attached hydrogens (primary N) is 1. The zero-order chi connectivity index (χ0) is 17.3. The second-order valence-electron chi connectivity index (χ2n) is 5.40. The van der Waals surface area contributed by atoms with Gasteiger partial charge in [0.2, 0.25) is 0 Å². The number of ether oxygens (including phenoxy) is 1. The van der Waals surface area contributed by atoms with E-state index in [0.29, 0.717) is 23.6 Å². The number of aromatic nitrogens is 1. The highest BCUT2D eigenvalue weighted by molar-refractivity contribution is 5.90. The van der Waals surface area contributed by atoms with Crippen molar-refractivity contribution in [3.63, 3.8) is 0 Å². The highest BCUT2D eigenvalue weighted by atomic mass is 19.4. The fraction of sp³-hybridized carbons (Fsp3) is 0.167. The molecule has 2 aromatic carbocycles. The normalized spacial score (nSPS) is 11.7. The molecule has 0 unspecified atom stereocenters. The molecule has 3 rings (SSSR count). The Morgan fingerprint density at radius 1 is 1.04 bits per heavy atom. The molecule has 0 aliphatic heterocycles. The lowest BCUT2D eigenvalue weighted by atomic mass is 10.0. The molecule has 1 aromatic heterocycles. The molecule has 0 radical (unpaired) electrons. The third-order valence-corrected chi connectivity index (χ3v) is 3.78. The van der Waals surface area contributed by atoms with Crippen molar-refractivity contribution in [1.29, 1.82) is 0 Å². The van der Waals surface area contributed by atoms with Crippen LogP contribution in [0, 0.1) is 6.92 Å². The topological polar surface area (TPSA) is 48.1 Å². The Balaban J connectivity index is 2.00. The van der Waals surface area contributed by atoms with Gasteiger partial charge in [-0.1, -0.05) is 6.07 Å². The maximum absolute atomic E-state index is 12.6. The molecule has 0 amide bonds. The van der Waals surface area contributed by atoms with Gasteiger partial charge in [-0.2, -0.15) is 13.2 Å². The SMILES string of the molecule is Cc1ccnc2c(Oc3ccc(C(F)(F)F)cc3)ccc(CN)c12. The Labute approximate surface area is 136 Å². The summed E-state index contributed by atoms with van der Waals surface area (Å²) in [5.41, 5.74) is 7.64. The number of fused-ring (bicyclic) bond motifs is 1. The fourth-order valence-corrected chi connectivity index (χ4v) is 2.58. The van der Waals surface area contributed by atoms with E-state index in [4.69, 9.17) is 10.5 Å². The van der Waals surface area contributed by atoms with Gasteiger partial charge in [-0.05, 0) is 54.4 Å². The third-order valence-electron chi connectivity index (χ3n) is 3.78. The van der Waals surface area contributed by atoms with E-state index in [9.17, 15) is 13.2 Å². The van der Waals surface area contributed by atoms with Crippen LogP contribution in [0.4, 0.5) is 13.2 Å². The average Bonchev–Trinajstić information content (AvgIpc) is 2.55. The molecular formula is C18H15F3N2O. The molecule has 3 aromatic rings. The number of aryl methyl sites for hydroxylation is 1. The van der Waals surface area contributed by atoms with Gasteiger partial charge in [0.25, 0.3) is 0 Å². The molecule has 0 aliphatic rings. The minimum absolute atomic E-state index is 0.313. The maximum atomic E-state index is 12.6. The molecule has 24 heavy (non-hydrogen) atoms. The third kappa shape index (κ3) is 3.05. The molecule has 0 saturated carbocycles. The first-order valence-electron chi connectivity index (χ1n) is 7.32. The number of pyridine rings is 1. The monoisotopic (exact) mass is 332 g/mol. The van der Waals surface area contributed by atoms with Gasteiger partial charge in [-0.3, -0.25) is 4.98 Å². The van der Waals surface area contributed by atoms with E-state index < -0.39 is 11.7 Å². The molecule has 0 aliphatic carbocycles. The predicted molar refractivity (Wildman–Crippen MR) is 85.9 cm³/mol. The Hall–Kier alpha value is -2.60. The summed E-state index contributed by atoms with van der Waals surface area (Å²) in [6.45, 7) is 2.31. The molecule has 0 fully saturated rings. The van der Waals surface area contributed by atoms with Crippen molar-refractivity contribution in [1.82, 2.24) is 4.98 Å². The lowest BCUT2D eigenvalue weighted by molar-refractivity contribution is -0.137. The van der Waals surface area contributed by atoms with Gasteiger partial charge in [0.1, 0.15) is 11.3 Å². The average molecular weight is 332 g/mol. The first kappa shape index (κ1) is 16.3. The second kappa shape index (κ2) is 6.13. The number of halogens is 3. The fourth-order valence-electron chi connectivity index (χ4n) is 2.58. The van der Waals surface area contributed by atoms with Gasteiger partial charge in [0.05, 0.1) is 5.56 Å². The molecule has 0 spiro atoms. The summed E-state index contributed by atoms with van der Waals surface area (Å²) in [6, 6.07) is 10.0. The first-order valence-corrected chi connectivity index (χ1v) is 7.32. The number of hydrogen-bond donors (Lipinski definition) is 1. The summed E-state index contributed by atoms with van der Waals surface area (Å²) in [6.07, 6.45) is -2.70. The van der Waals surface area contributed by atoms with E-state index in [0.717, 1.165) is 28.6 Å². The Morgan fingerprint density at radius 3 is 2.38 bits per heavy atom. The molecule has 2 N–H and O–H groups in total. The Morgan fingerprint density at radius 2 is 1.75 bits per heavy atom. The lowest BCUT2D eigenvalue weighted by Crippen LogP contribution is -2.04. The number of alkyl halides is 3. The number of nitrogens with zero attached hydrogens (tertiary/aromatic N) is 1. The van der Waals surface area contributed by atoms with Crippen LogP contribution in [-0.2, 0) is 12.7 Å². The highest BCUT2D eigenvalue weighted by Crippen LogP contribution is 2.34. The minimum atomic E-state index is -4.37. The van der Waals surface area contributed by atoms with Gasteiger partial charge in [0, 0.05) is 18.1 Å². The zero-order valence-electron chi connectivity index (χ0n) is 12.9. The van der Waals surface area contributed by atoms with Crippen LogP contribution in [0.25, 0.3) is 10.9 Å². The summed E-state index contributed by atoms with van der Waals surface area (Å²) >= 11 is 0. The van der Waals surface area contributed by atoms with Crippen molar-refractivity contribution in [2.75, 3.05) is 0 Å². The minimum Gasteiger partial charge on any atom is -0.455 e. The van der Waals surface area contributed by atoms with Crippen molar-refractivity contribution in [3.05, 3.63) is 65.4 Å². The summed E-state index contributed by atoms with van der Waals surface area (Å²) in [5.74, 6) is 0.791. The van der Waals surface area contributed by atoms with Crippen LogP contribution < -0.4 is 10.5 Å². The Kier molecular flexibility index (Phi) is 4.15. The van der Waals surface area contributed by atoms with Crippen molar-refractivity contribution in [2.24, 2.45) is 5.73 Å². The van der Waals surface area contributed by atoms with Crippen LogP contribution in [0.1, 0.15) is 16.7 Å². The van der Waals surface area contributed by atoms with Crippen LogP contribution in [-0.4, -0.2) is 4.98 Å². The van der Waals surface area contributed by atoms with E-state index in [1.807, 2.05) is 19.1 Å². The molecule has 0 atom stereocenters. The molecule has 124 valence electrons. The molecule has 1 heterocycles. The number of hydrogen-bond acceptors (Lipinski definition) is 3. The standard InChI is InChI=1S/C18H15F3N2O/c1-11-8-9-23-17-15(7-2-12(10-22)16(11)17)24-14-5-3-13(4-6-14)18(19,20)21/h2-9H,10,22H2,1H3. The van der Waals surface area contributed by atoms with Crippen molar-refractivity contribution in [3.8, 4) is 11.5 Å². The van der Waals surface area contributed by atoms with Crippen LogP contribution in [0.2, 0.25) is 0 Å². The quantitative estimate of drug-likeness (QED) is 0.748. The molecule has 0 saturated heterocycles. The van der Waals surface area contributed by atoms with Crippen LogP contribution in [0.3, 0.4) is 0 Å². The molecular weight excluding hydrogens is 317 g/mol. The van der Waals surface area contributed by atoms with E-state index in [1.165, 1.54) is 12.1 Å². The van der Waals surface area contributed by atoms with Crippen molar-refractivity contribution < 1.29 is 17.9 Å². The largest absolute Gasteiger partial charge is 0.455 e. The molecule has 6 heteroatoms. The van der Waals surface area contributed by atoms with Crippen molar-refractivity contribution >= 4 is 10.9 Å². The summed E-state index contributed by atoms with van der Waals surface area (Å²) in [4.78, 5) is 4.34. The van der Waals surface area contributed by atoms with Gasteiger partial charge in [-0.15, -0.1) is 0 Å². The van der Waals surface area contributed by atoms with E-state index in [1.54, 1.807) is 12.3 Å². The number of rotatable bonds is 3. The lowest BCUT2D eigenvalue weighted by Gasteiger charge is -2.13. The van der Waals surface area contributed by atoms with Crippen LogP contribution >= 0.6 is 0 Å². The van der Waals surface area contributed by atoms with Gasteiger partial charge >= 0.3 is 6.18 Å². The molecule has 3 nitrogen and oxygen atoms in total. The Bertz CT molecular complexity index is 874. The van der Waals surface area contributed by atoms with Crippen LogP contribution in [0.5, 0.6) is 11.5 Å². The number of benzene rings is 2. The molecule has 0 bridgehead atoms. The summed E-state index contributed by atoms with van der Waals surface area (Å²) in [7, 11) is 0. The predicted octanol–water partition coefficient (Wildman–Crippen LogP) is 4.81. The van der Waals surface area contributed by atoms with E-state index >= 15 is 0 Å². The van der Waals surface area contributed by atoms with Gasteiger partial charge in [0.15, 0.2) is 5.75 Å². The second-order valence-corrected chi connectivity index (χ2v) is 5.40. The first-order chi connectivity index (χ1) is 11.4. The zero-order valence-corrected chi connectivity index (χ0v) is 12.9.